The number of hydrogen-bond acceptors (Lipinski definition) is 3. The standard InChI is InChI=1S/C18H17N3O/c1-2-7-17(22)20-15-10-6-11-16-14(15)12-19-18(21-16)13-8-4-3-5-9-13/h3-5,8-9,12,15H,6,10-11H2,1H3,(H,20,22)/t15-/m1/s1. The Bertz CT molecular complexity index is 744. The maximum absolute atomic E-state index is 11.7. The average Bonchev–Trinajstić information content (AvgIpc) is 2.56. The van der Waals surface area contributed by atoms with Gasteiger partial charge in [-0.15, -0.1) is 0 Å². The minimum absolute atomic E-state index is 0.0399. The topological polar surface area (TPSA) is 54.9 Å². The number of hydrogen-bond donors (Lipinski definition) is 1. The molecule has 1 atom stereocenters. The normalized spacial score (nSPS) is 16.1. The van der Waals surface area contributed by atoms with Gasteiger partial charge in [-0.25, -0.2) is 9.97 Å². The molecule has 4 nitrogen and oxygen atoms in total. The van der Waals surface area contributed by atoms with E-state index < -0.39 is 0 Å². The highest BCUT2D eigenvalue weighted by Crippen LogP contribution is 2.29. The first-order valence-electron chi connectivity index (χ1n) is 7.42. The predicted molar refractivity (Wildman–Crippen MR) is 84.7 cm³/mol. The first-order chi connectivity index (χ1) is 10.8. The van der Waals surface area contributed by atoms with E-state index in [1.54, 1.807) is 6.92 Å². The number of benzene rings is 1. The van der Waals surface area contributed by atoms with Crippen molar-refractivity contribution in [1.29, 1.82) is 0 Å². The van der Waals surface area contributed by atoms with Crippen molar-refractivity contribution < 1.29 is 4.79 Å². The molecule has 1 aliphatic carbocycles. The van der Waals surface area contributed by atoms with Crippen molar-refractivity contribution in [1.82, 2.24) is 15.3 Å². The number of fused-ring (bicyclic) bond motifs is 1. The Morgan fingerprint density at radius 1 is 1.32 bits per heavy atom. The Kier molecular flexibility index (Phi) is 4.15. The molecule has 0 aliphatic heterocycles. The number of rotatable bonds is 2. The van der Waals surface area contributed by atoms with E-state index in [1.807, 2.05) is 36.5 Å². The zero-order valence-electron chi connectivity index (χ0n) is 12.5. The Morgan fingerprint density at radius 3 is 2.91 bits per heavy atom. The summed E-state index contributed by atoms with van der Waals surface area (Å²) in [7, 11) is 0. The van der Waals surface area contributed by atoms with Gasteiger partial charge in [0.2, 0.25) is 0 Å². The summed E-state index contributed by atoms with van der Waals surface area (Å²) in [5.74, 6) is 5.63. The molecule has 0 fully saturated rings. The van der Waals surface area contributed by atoms with Crippen molar-refractivity contribution in [2.45, 2.75) is 32.2 Å². The van der Waals surface area contributed by atoms with E-state index in [2.05, 4.69) is 27.1 Å². The third-order valence-corrected chi connectivity index (χ3v) is 3.76. The van der Waals surface area contributed by atoms with Gasteiger partial charge in [-0.1, -0.05) is 36.3 Å². The summed E-state index contributed by atoms with van der Waals surface area (Å²) in [6, 6.07) is 9.89. The van der Waals surface area contributed by atoms with Gasteiger partial charge >= 0.3 is 0 Å². The molecule has 1 heterocycles. The molecule has 0 saturated heterocycles. The van der Waals surface area contributed by atoms with Crippen LogP contribution in [-0.2, 0) is 11.2 Å². The highest BCUT2D eigenvalue weighted by atomic mass is 16.1. The minimum Gasteiger partial charge on any atom is -0.338 e. The van der Waals surface area contributed by atoms with E-state index in [-0.39, 0.29) is 11.9 Å². The summed E-state index contributed by atoms with van der Waals surface area (Å²) in [4.78, 5) is 20.8. The lowest BCUT2D eigenvalue weighted by Crippen LogP contribution is -2.30. The lowest BCUT2D eigenvalue weighted by Gasteiger charge is -2.24. The second kappa shape index (κ2) is 6.40. The van der Waals surface area contributed by atoms with E-state index >= 15 is 0 Å². The molecule has 1 amide bonds. The highest BCUT2D eigenvalue weighted by Gasteiger charge is 2.23. The van der Waals surface area contributed by atoms with Crippen molar-refractivity contribution in [3.63, 3.8) is 0 Å². The molecule has 0 bridgehead atoms. The summed E-state index contributed by atoms with van der Waals surface area (Å²) in [5.41, 5.74) is 3.04. The molecule has 22 heavy (non-hydrogen) atoms. The predicted octanol–water partition coefficient (Wildman–Crippen LogP) is 2.66. The van der Waals surface area contributed by atoms with Crippen LogP contribution in [-0.4, -0.2) is 15.9 Å². The Labute approximate surface area is 130 Å². The van der Waals surface area contributed by atoms with E-state index in [0.29, 0.717) is 0 Å². The van der Waals surface area contributed by atoms with Crippen molar-refractivity contribution in [2.24, 2.45) is 0 Å². The van der Waals surface area contributed by atoms with E-state index in [9.17, 15) is 4.79 Å². The molecular weight excluding hydrogens is 274 g/mol. The van der Waals surface area contributed by atoms with Gasteiger partial charge in [0.05, 0.1) is 6.04 Å². The van der Waals surface area contributed by atoms with Crippen molar-refractivity contribution in [3.8, 4) is 23.2 Å². The first-order valence-corrected chi connectivity index (χ1v) is 7.42. The summed E-state index contributed by atoms with van der Waals surface area (Å²) in [6.07, 6.45) is 4.67. The van der Waals surface area contributed by atoms with Crippen LogP contribution in [0.4, 0.5) is 0 Å². The molecule has 1 N–H and O–H groups in total. The van der Waals surface area contributed by atoms with Crippen LogP contribution in [0, 0.1) is 11.8 Å². The molecule has 0 radical (unpaired) electrons. The van der Waals surface area contributed by atoms with Crippen LogP contribution in [0.15, 0.2) is 36.5 Å². The van der Waals surface area contributed by atoms with E-state index in [4.69, 9.17) is 0 Å². The third-order valence-electron chi connectivity index (χ3n) is 3.76. The Hall–Kier alpha value is -2.67. The van der Waals surface area contributed by atoms with Gasteiger partial charge in [0.25, 0.3) is 5.91 Å². The molecule has 0 saturated carbocycles. The molecule has 0 unspecified atom stereocenters. The van der Waals surface area contributed by atoms with Crippen LogP contribution in [0.5, 0.6) is 0 Å². The molecular formula is C18H17N3O. The maximum Gasteiger partial charge on any atom is 0.296 e. The van der Waals surface area contributed by atoms with Gasteiger partial charge in [0, 0.05) is 23.0 Å². The zero-order chi connectivity index (χ0) is 15.4. The fourth-order valence-corrected chi connectivity index (χ4v) is 2.73. The van der Waals surface area contributed by atoms with Gasteiger partial charge in [0.15, 0.2) is 5.82 Å². The van der Waals surface area contributed by atoms with E-state index in [1.165, 1.54) is 0 Å². The Morgan fingerprint density at radius 2 is 2.14 bits per heavy atom. The number of carbonyl (C=O) groups is 1. The monoisotopic (exact) mass is 291 g/mol. The molecule has 110 valence electrons. The second-order valence-corrected chi connectivity index (χ2v) is 5.25. The lowest BCUT2D eigenvalue weighted by molar-refractivity contribution is -0.116. The van der Waals surface area contributed by atoms with Crippen molar-refractivity contribution in [2.75, 3.05) is 0 Å². The lowest BCUT2D eigenvalue weighted by atomic mass is 9.92. The number of aryl methyl sites for hydroxylation is 1. The molecule has 2 aromatic rings. The largest absolute Gasteiger partial charge is 0.338 e. The van der Waals surface area contributed by atoms with Crippen LogP contribution in [0.2, 0.25) is 0 Å². The average molecular weight is 291 g/mol. The smallest absolute Gasteiger partial charge is 0.296 e. The maximum atomic E-state index is 11.7. The van der Waals surface area contributed by atoms with Gasteiger partial charge in [0.1, 0.15) is 0 Å². The number of aromatic nitrogens is 2. The SMILES string of the molecule is CC#CC(=O)N[C@@H]1CCCc2nc(-c3ccccc3)ncc21. The highest BCUT2D eigenvalue weighted by molar-refractivity contribution is 5.93. The Balaban J connectivity index is 1.89. The van der Waals surface area contributed by atoms with Gasteiger partial charge in [-0.2, -0.15) is 0 Å². The quantitative estimate of drug-likeness (QED) is 0.865. The zero-order valence-corrected chi connectivity index (χ0v) is 12.5. The van der Waals surface area contributed by atoms with Crippen molar-refractivity contribution >= 4 is 5.91 Å². The van der Waals surface area contributed by atoms with Crippen molar-refractivity contribution in [3.05, 3.63) is 47.8 Å². The van der Waals surface area contributed by atoms with Crippen LogP contribution in [0.1, 0.15) is 37.1 Å². The molecule has 3 rings (SSSR count). The van der Waals surface area contributed by atoms with Crippen LogP contribution < -0.4 is 5.32 Å². The molecule has 1 aliphatic rings. The van der Waals surface area contributed by atoms with Crippen LogP contribution in [0.25, 0.3) is 11.4 Å². The van der Waals surface area contributed by atoms with Crippen LogP contribution >= 0.6 is 0 Å². The van der Waals surface area contributed by atoms with E-state index in [0.717, 1.165) is 41.9 Å². The van der Waals surface area contributed by atoms with Crippen LogP contribution in [0.3, 0.4) is 0 Å². The molecule has 0 spiro atoms. The minimum atomic E-state index is -0.243. The summed E-state index contributed by atoms with van der Waals surface area (Å²) < 4.78 is 0. The number of carbonyl (C=O) groups excluding carboxylic acids is 1. The van der Waals surface area contributed by atoms with Gasteiger partial charge in [-0.05, 0) is 32.1 Å². The third kappa shape index (κ3) is 2.99. The summed E-state index contributed by atoms with van der Waals surface area (Å²) in [5, 5.41) is 2.94. The molecule has 1 aromatic heterocycles. The summed E-state index contributed by atoms with van der Waals surface area (Å²) >= 11 is 0. The number of nitrogens with one attached hydrogen (secondary N) is 1. The van der Waals surface area contributed by atoms with Gasteiger partial charge in [-0.3, -0.25) is 4.79 Å². The number of nitrogens with zero attached hydrogens (tertiary/aromatic N) is 2. The van der Waals surface area contributed by atoms with Gasteiger partial charge < -0.3 is 5.32 Å². The fraction of sp³-hybridized carbons (Fsp3) is 0.278. The fourth-order valence-electron chi connectivity index (χ4n) is 2.73. The molecule has 4 heteroatoms. The summed E-state index contributed by atoms with van der Waals surface area (Å²) in [6.45, 7) is 1.66. The number of amides is 1. The molecule has 1 aromatic carbocycles. The first kappa shape index (κ1) is 14.3. The second-order valence-electron chi connectivity index (χ2n) is 5.25.